The Hall–Kier alpha value is -1.45. The van der Waals surface area contributed by atoms with Gasteiger partial charge in [-0.1, -0.05) is 24.3 Å². The quantitative estimate of drug-likeness (QED) is 0.934. The van der Waals surface area contributed by atoms with Gasteiger partial charge in [0.05, 0.1) is 5.52 Å². The average Bonchev–Trinajstić information content (AvgIpc) is 2.55. The summed E-state index contributed by atoms with van der Waals surface area (Å²) in [5.74, 6) is 0. The van der Waals surface area contributed by atoms with Crippen LogP contribution in [-0.4, -0.2) is 36.1 Å². The van der Waals surface area contributed by atoms with Crippen molar-refractivity contribution in [2.45, 2.75) is 44.3 Å². The second-order valence-electron chi connectivity index (χ2n) is 6.20. The van der Waals surface area contributed by atoms with Crippen molar-refractivity contribution in [3.8, 4) is 0 Å². The molecular formula is C18H25N3. The predicted octanol–water partition coefficient (Wildman–Crippen LogP) is 3.20. The molecule has 0 amide bonds. The molecule has 1 heterocycles. The van der Waals surface area contributed by atoms with Crippen molar-refractivity contribution in [3.63, 3.8) is 0 Å². The number of benzene rings is 1. The van der Waals surface area contributed by atoms with E-state index < -0.39 is 0 Å². The van der Waals surface area contributed by atoms with Gasteiger partial charge in [0.25, 0.3) is 0 Å². The van der Waals surface area contributed by atoms with Gasteiger partial charge in [-0.25, -0.2) is 0 Å². The van der Waals surface area contributed by atoms with Crippen LogP contribution in [0.25, 0.3) is 10.9 Å². The summed E-state index contributed by atoms with van der Waals surface area (Å²) in [6.45, 7) is 0.989. The monoisotopic (exact) mass is 283 g/mol. The highest BCUT2D eigenvalue weighted by molar-refractivity contribution is 5.81. The Bertz CT molecular complexity index is 583. The molecule has 0 aliphatic heterocycles. The molecule has 0 atom stereocenters. The van der Waals surface area contributed by atoms with Crippen LogP contribution in [-0.2, 0) is 6.54 Å². The molecule has 0 unspecified atom stereocenters. The molecule has 21 heavy (non-hydrogen) atoms. The number of rotatable bonds is 4. The molecule has 1 aromatic heterocycles. The van der Waals surface area contributed by atoms with Gasteiger partial charge < -0.3 is 5.32 Å². The van der Waals surface area contributed by atoms with Crippen LogP contribution in [0.3, 0.4) is 0 Å². The van der Waals surface area contributed by atoms with Crippen molar-refractivity contribution in [3.05, 3.63) is 42.1 Å². The van der Waals surface area contributed by atoms with Gasteiger partial charge in [0, 0.05) is 30.2 Å². The first-order valence-corrected chi connectivity index (χ1v) is 7.98. The smallest absolute Gasteiger partial charge is 0.0746 e. The lowest BCUT2D eigenvalue weighted by molar-refractivity contribution is 0.170. The molecule has 3 nitrogen and oxygen atoms in total. The van der Waals surface area contributed by atoms with E-state index in [0.717, 1.165) is 12.1 Å². The Kier molecular flexibility index (Phi) is 4.51. The molecule has 1 aliphatic rings. The zero-order valence-electron chi connectivity index (χ0n) is 13.0. The van der Waals surface area contributed by atoms with E-state index in [1.54, 1.807) is 0 Å². The molecular weight excluding hydrogens is 258 g/mol. The van der Waals surface area contributed by atoms with Crippen molar-refractivity contribution in [1.82, 2.24) is 15.2 Å². The molecule has 0 radical (unpaired) electrons. The lowest BCUT2D eigenvalue weighted by Crippen LogP contribution is -2.39. The summed E-state index contributed by atoms with van der Waals surface area (Å²) in [4.78, 5) is 7.08. The highest BCUT2D eigenvalue weighted by Gasteiger charge is 2.23. The van der Waals surface area contributed by atoms with Gasteiger partial charge >= 0.3 is 0 Å². The van der Waals surface area contributed by atoms with Gasteiger partial charge in [-0.3, -0.25) is 9.88 Å². The van der Waals surface area contributed by atoms with Crippen molar-refractivity contribution in [2.24, 2.45) is 0 Å². The molecule has 0 spiro atoms. The summed E-state index contributed by atoms with van der Waals surface area (Å²) < 4.78 is 0. The zero-order valence-corrected chi connectivity index (χ0v) is 13.0. The number of para-hydroxylation sites is 1. The van der Waals surface area contributed by atoms with E-state index in [2.05, 4.69) is 53.6 Å². The lowest BCUT2D eigenvalue weighted by atomic mass is 9.90. The number of nitrogens with zero attached hydrogens (tertiary/aromatic N) is 2. The summed E-state index contributed by atoms with van der Waals surface area (Å²) in [6.07, 6.45) is 7.06. The normalized spacial score (nSPS) is 22.8. The van der Waals surface area contributed by atoms with Crippen molar-refractivity contribution in [1.29, 1.82) is 0 Å². The van der Waals surface area contributed by atoms with E-state index in [1.165, 1.54) is 36.6 Å². The van der Waals surface area contributed by atoms with Gasteiger partial charge in [-0.15, -0.1) is 0 Å². The third-order valence-electron chi connectivity index (χ3n) is 4.86. The molecule has 3 heteroatoms. The van der Waals surface area contributed by atoms with Crippen LogP contribution < -0.4 is 5.32 Å². The summed E-state index contributed by atoms with van der Waals surface area (Å²) in [7, 11) is 4.34. The third kappa shape index (κ3) is 3.25. The SMILES string of the molecule is CNC1CCC(N(C)Cc2cccc3cccnc23)CC1. The van der Waals surface area contributed by atoms with E-state index in [1.807, 2.05) is 12.3 Å². The fourth-order valence-corrected chi connectivity index (χ4v) is 3.50. The number of hydrogen-bond donors (Lipinski definition) is 1. The van der Waals surface area contributed by atoms with Gasteiger partial charge in [0.1, 0.15) is 0 Å². The number of nitrogens with one attached hydrogen (secondary N) is 1. The lowest BCUT2D eigenvalue weighted by Gasteiger charge is -2.34. The van der Waals surface area contributed by atoms with Gasteiger partial charge in [-0.05, 0) is 51.4 Å². The van der Waals surface area contributed by atoms with E-state index in [4.69, 9.17) is 0 Å². The molecule has 3 rings (SSSR count). The number of fused-ring (bicyclic) bond motifs is 1. The predicted molar refractivity (Wildman–Crippen MR) is 88.3 cm³/mol. The molecule has 1 saturated carbocycles. The molecule has 1 aromatic carbocycles. The fraction of sp³-hybridized carbons (Fsp3) is 0.500. The maximum Gasteiger partial charge on any atom is 0.0746 e. The van der Waals surface area contributed by atoms with Crippen molar-refractivity contribution < 1.29 is 0 Å². The number of aromatic nitrogens is 1. The topological polar surface area (TPSA) is 28.2 Å². The Labute approximate surface area is 127 Å². The Balaban J connectivity index is 1.70. The minimum Gasteiger partial charge on any atom is -0.317 e. The largest absolute Gasteiger partial charge is 0.317 e. The maximum atomic E-state index is 4.57. The average molecular weight is 283 g/mol. The van der Waals surface area contributed by atoms with E-state index in [0.29, 0.717) is 12.1 Å². The minimum absolute atomic E-state index is 0.702. The Morgan fingerprint density at radius 1 is 1.14 bits per heavy atom. The van der Waals surface area contributed by atoms with Crippen LogP contribution in [0.5, 0.6) is 0 Å². The Morgan fingerprint density at radius 3 is 2.67 bits per heavy atom. The fourth-order valence-electron chi connectivity index (χ4n) is 3.50. The van der Waals surface area contributed by atoms with Crippen molar-refractivity contribution in [2.75, 3.05) is 14.1 Å². The highest BCUT2D eigenvalue weighted by atomic mass is 15.1. The zero-order chi connectivity index (χ0) is 14.7. The molecule has 1 fully saturated rings. The third-order valence-corrected chi connectivity index (χ3v) is 4.86. The number of hydrogen-bond acceptors (Lipinski definition) is 3. The Morgan fingerprint density at radius 2 is 1.90 bits per heavy atom. The molecule has 0 bridgehead atoms. The standard InChI is InChI=1S/C18H25N3/c1-19-16-8-10-17(11-9-16)21(2)13-15-6-3-5-14-7-4-12-20-18(14)15/h3-7,12,16-17,19H,8-11,13H2,1-2H3. The van der Waals surface area contributed by atoms with E-state index >= 15 is 0 Å². The molecule has 1 N–H and O–H groups in total. The van der Waals surface area contributed by atoms with Gasteiger partial charge in [-0.2, -0.15) is 0 Å². The molecule has 1 aliphatic carbocycles. The van der Waals surface area contributed by atoms with E-state index in [-0.39, 0.29) is 0 Å². The molecule has 2 aromatic rings. The number of pyridine rings is 1. The van der Waals surface area contributed by atoms with Gasteiger partial charge in [0.15, 0.2) is 0 Å². The second-order valence-corrected chi connectivity index (χ2v) is 6.20. The summed E-state index contributed by atoms with van der Waals surface area (Å²) >= 11 is 0. The first-order valence-electron chi connectivity index (χ1n) is 7.98. The first-order chi connectivity index (χ1) is 10.3. The van der Waals surface area contributed by atoms with Crippen LogP contribution >= 0.6 is 0 Å². The minimum atomic E-state index is 0.702. The first kappa shape index (κ1) is 14.5. The van der Waals surface area contributed by atoms with Crippen LogP contribution in [0, 0.1) is 0 Å². The van der Waals surface area contributed by atoms with Gasteiger partial charge in [0.2, 0.25) is 0 Å². The molecule has 112 valence electrons. The summed E-state index contributed by atoms with van der Waals surface area (Å²) in [5, 5.41) is 4.65. The van der Waals surface area contributed by atoms with Crippen LogP contribution in [0.2, 0.25) is 0 Å². The van der Waals surface area contributed by atoms with E-state index in [9.17, 15) is 0 Å². The van der Waals surface area contributed by atoms with Crippen molar-refractivity contribution >= 4 is 10.9 Å². The molecule has 0 saturated heterocycles. The summed E-state index contributed by atoms with van der Waals surface area (Å²) in [5.41, 5.74) is 2.49. The second kappa shape index (κ2) is 6.54. The maximum absolute atomic E-state index is 4.57. The van der Waals surface area contributed by atoms with Crippen LogP contribution in [0.4, 0.5) is 0 Å². The van der Waals surface area contributed by atoms with Crippen LogP contribution in [0.15, 0.2) is 36.5 Å². The highest BCUT2D eigenvalue weighted by Crippen LogP contribution is 2.25. The summed E-state index contributed by atoms with van der Waals surface area (Å²) in [6, 6.07) is 12.1. The van der Waals surface area contributed by atoms with Crippen LogP contribution in [0.1, 0.15) is 31.2 Å².